The minimum Gasteiger partial charge on any atom is -0.313 e. The van der Waals surface area contributed by atoms with E-state index in [1.807, 2.05) is 0 Å². The van der Waals surface area contributed by atoms with Gasteiger partial charge in [0.05, 0.1) is 0 Å². The lowest BCUT2D eigenvalue weighted by Crippen LogP contribution is -2.20. The third kappa shape index (κ3) is 3.41. The predicted molar refractivity (Wildman–Crippen MR) is 76.0 cm³/mol. The van der Waals surface area contributed by atoms with Gasteiger partial charge >= 0.3 is 0 Å². The van der Waals surface area contributed by atoms with Crippen molar-refractivity contribution in [1.82, 2.24) is 5.32 Å². The third-order valence-electron chi connectivity index (χ3n) is 3.12. The lowest BCUT2D eigenvalue weighted by molar-refractivity contribution is 0.514. The van der Waals surface area contributed by atoms with Gasteiger partial charge in [-0.2, -0.15) is 0 Å². The predicted octanol–water partition coefficient (Wildman–Crippen LogP) is 4.37. The molecule has 0 fully saturated rings. The topological polar surface area (TPSA) is 12.0 Å². The van der Waals surface area contributed by atoms with Crippen LogP contribution in [0.4, 0.5) is 13.2 Å². The molecule has 5 heteroatoms. The molecule has 2 aromatic carbocycles. The number of halogens is 4. The average Bonchev–Trinajstić information content (AvgIpc) is 2.41. The molecule has 0 bridgehead atoms. The molecule has 106 valence electrons. The van der Waals surface area contributed by atoms with Gasteiger partial charge in [0.1, 0.15) is 17.5 Å². The van der Waals surface area contributed by atoms with Crippen molar-refractivity contribution in [3.63, 3.8) is 0 Å². The molecule has 0 aliphatic carbocycles. The van der Waals surface area contributed by atoms with Crippen LogP contribution in [0.25, 0.3) is 0 Å². The smallest absolute Gasteiger partial charge is 0.129 e. The monoisotopic (exact) mass is 343 g/mol. The molecule has 1 atom stereocenters. The molecule has 0 spiro atoms. The third-order valence-corrected chi connectivity index (χ3v) is 3.61. The van der Waals surface area contributed by atoms with Crippen molar-refractivity contribution in [3.05, 3.63) is 69.4 Å². The highest BCUT2D eigenvalue weighted by atomic mass is 79.9. The van der Waals surface area contributed by atoms with Gasteiger partial charge in [-0.05, 0) is 43.3 Å². The number of nitrogens with one attached hydrogen (secondary N) is 1. The van der Waals surface area contributed by atoms with E-state index >= 15 is 0 Å². The van der Waals surface area contributed by atoms with Crippen LogP contribution in [0, 0.1) is 17.5 Å². The van der Waals surface area contributed by atoms with Crippen molar-refractivity contribution in [2.24, 2.45) is 0 Å². The zero-order valence-corrected chi connectivity index (χ0v) is 12.3. The van der Waals surface area contributed by atoms with E-state index in [4.69, 9.17) is 0 Å². The first kappa shape index (κ1) is 15.1. The molecule has 1 N–H and O–H groups in total. The standard InChI is InChI=1S/C15H13BrF3N/c1-20-15(12-7-10(16)3-5-13(12)18)6-9-2-4-11(17)8-14(9)19/h2-5,7-8,15,20H,6H2,1H3. The normalized spacial score (nSPS) is 12.4. The summed E-state index contributed by atoms with van der Waals surface area (Å²) in [5.41, 5.74) is 0.774. The molecule has 0 saturated carbocycles. The molecular weight excluding hydrogens is 331 g/mol. The van der Waals surface area contributed by atoms with Crippen molar-refractivity contribution in [3.8, 4) is 0 Å². The summed E-state index contributed by atoms with van der Waals surface area (Å²) in [6.07, 6.45) is 0.232. The first-order valence-electron chi connectivity index (χ1n) is 6.07. The van der Waals surface area contributed by atoms with Gasteiger partial charge in [-0.15, -0.1) is 0 Å². The molecule has 2 rings (SSSR count). The second kappa shape index (κ2) is 6.41. The zero-order valence-electron chi connectivity index (χ0n) is 10.8. The van der Waals surface area contributed by atoms with Crippen LogP contribution >= 0.6 is 15.9 Å². The van der Waals surface area contributed by atoms with E-state index in [0.717, 1.165) is 10.5 Å². The Morgan fingerprint density at radius 3 is 2.45 bits per heavy atom. The van der Waals surface area contributed by atoms with E-state index in [9.17, 15) is 13.2 Å². The number of benzene rings is 2. The SMILES string of the molecule is CNC(Cc1ccc(F)cc1F)c1cc(Br)ccc1F. The Bertz CT molecular complexity index is 616. The number of likely N-dealkylation sites (N-methyl/N-ethyl adjacent to an activating group) is 1. The van der Waals surface area contributed by atoms with E-state index < -0.39 is 17.7 Å². The van der Waals surface area contributed by atoms with Gasteiger partial charge in [-0.3, -0.25) is 0 Å². The van der Waals surface area contributed by atoms with Crippen LogP contribution in [0.5, 0.6) is 0 Å². The Morgan fingerprint density at radius 1 is 1.05 bits per heavy atom. The molecular formula is C15H13BrF3N. The van der Waals surface area contributed by atoms with Crippen molar-refractivity contribution >= 4 is 15.9 Å². The van der Waals surface area contributed by atoms with Gasteiger partial charge in [0.2, 0.25) is 0 Å². The zero-order chi connectivity index (χ0) is 14.7. The van der Waals surface area contributed by atoms with Crippen molar-refractivity contribution in [2.45, 2.75) is 12.5 Å². The van der Waals surface area contributed by atoms with Crippen LogP contribution in [0.2, 0.25) is 0 Å². The van der Waals surface area contributed by atoms with Gasteiger partial charge in [-0.1, -0.05) is 22.0 Å². The van der Waals surface area contributed by atoms with Crippen LogP contribution in [-0.2, 0) is 6.42 Å². The highest BCUT2D eigenvalue weighted by Crippen LogP contribution is 2.25. The molecule has 0 aromatic heterocycles. The summed E-state index contributed by atoms with van der Waals surface area (Å²) in [6, 6.07) is 7.62. The van der Waals surface area contributed by atoms with E-state index in [0.29, 0.717) is 11.1 Å². The van der Waals surface area contributed by atoms with Crippen LogP contribution < -0.4 is 5.32 Å². The van der Waals surface area contributed by atoms with Crippen molar-refractivity contribution in [2.75, 3.05) is 7.05 Å². The molecule has 0 radical (unpaired) electrons. The summed E-state index contributed by atoms with van der Waals surface area (Å²) in [7, 11) is 1.67. The Kier molecular flexibility index (Phi) is 4.83. The molecule has 2 aromatic rings. The van der Waals surface area contributed by atoms with E-state index in [1.165, 1.54) is 18.2 Å². The van der Waals surface area contributed by atoms with E-state index in [2.05, 4.69) is 21.2 Å². The average molecular weight is 344 g/mol. The Labute approximate surface area is 123 Å². The number of rotatable bonds is 4. The molecule has 0 saturated heterocycles. The van der Waals surface area contributed by atoms with E-state index in [1.54, 1.807) is 19.2 Å². The van der Waals surface area contributed by atoms with Gasteiger partial charge in [0, 0.05) is 22.1 Å². The second-order valence-electron chi connectivity index (χ2n) is 4.45. The maximum atomic E-state index is 13.9. The summed E-state index contributed by atoms with van der Waals surface area (Å²) < 4.78 is 41.2. The van der Waals surface area contributed by atoms with Crippen LogP contribution in [-0.4, -0.2) is 7.05 Å². The largest absolute Gasteiger partial charge is 0.313 e. The lowest BCUT2D eigenvalue weighted by atomic mass is 9.98. The summed E-state index contributed by atoms with van der Waals surface area (Å²) in [5, 5.41) is 2.96. The lowest BCUT2D eigenvalue weighted by Gasteiger charge is -2.18. The van der Waals surface area contributed by atoms with Gasteiger partial charge in [-0.25, -0.2) is 13.2 Å². The molecule has 0 aliphatic rings. The Morgan fingerprint density at radius 2 is 1.80 bits per heavy atom. The molecule has 20 heavy (non-hydrogen) atoms. The summed E-state index contributed by atoms with van der Waals surface area (Å²) in [6.45, 7) is 0. The highest BCUT2D eigenvalue weighted by molar-refractivity contribution is 9.10. The number of hydrogen-bond acceptors (Lipinski definition) is 1. The summed E-state index contributed by atoms with van der Waals surface area (Å²) in [4.78, 5) is 0. The minimum absolute atomic E-state index is 0.232. The van der Waals surface area contributed by atoms with E-state index in [-0.39, 0.29) is 12.2 Å². The molecule has 0 amide bonds. The molecule has 0 heterocycles. The maximum Gasteiger partial charge on any atom is 0.129 e. The minimum atomic E-state index is -0.624. The molecule has 0 aliphatic heterocycles. The fraction of sp³-hybridized carbons (Fsp3) is 0.200. The van der Waals surface area contributed by atoms with Gasteiger partial charge in [0.15, 0.2) is 0 Å². The fourth-order valence-corrected chi connectivity index (χ4v) is 2.44. The van der Waals surface area contributed by atoms with Crippen LogP contribution in [0.15, 0.2) is 40.9 Å². The van der Waals surface area contributed by atoms with Gasteiger partial charge in [0.25, 0.3) is 0 Å². The first-order valence-corrected chi connectivity index (χ1v) is 6.86. The van der Waals surface area contributed by atoms with Crippen molar-refractivity contribution < 1.29 is 13.2 Å². The molecule has 1 unspecified atom stereocenters. The quantitative estimate of drug-likeness (QED) is 0.869. The number of hydrogen-bond donors (Lipinski definition) is 1. The first-order chi connectivity index (χ1) is 9.51. The Hall–Kier alpha value is -1.33. The summed E-state index contributed by atoms with van der Waals surface area (Å²) >= 11 is 3.29. The van der Waals surface area contributed by atoms with Crippen LogP contribution in [0.1, 0.15) is 17.2 Å². The summed E-state index contributed by atoms with van der Waals surface area (Å²) in [5.74, 6) is -1.61. The fourth-order valence-electron chi connectivity index (χ4n) is 2.06. The maximum absolute atomic E-state index is 13.9. The van der Waals surface area contributed by atoms with Crippen molar-refractivity contribution in [1.29, 1.82) is 0 Å². The highest BCUT2D eigenvalue weighted by Gasteiger charge is 2.17. The van der Waals surface area contributed by atoms with Crippen LogP contribution in [0.3, 0.4) is 0 Å². The molecule has 1 nitrogen and oxygen atoms in total. The van der Waals surface area contributed by atoms with Gasteiger partial charge < -0.3 is 5.32 Å². The second-order valence-corrected chi connectivity index (χ2v) is 5.36. The Balaban J connectivity index is 2.31.